The van der Waals surface area contributed by atoms with Crippen LogP contribution >= 0.6 is 0 Å². The van der Waals surface area contributed by atoms with Crippen molar-refractivity contribution >= 4 is 34.8 Å². The van der Waals surface area contributed by atoms with E-state index in [2.05, 4.69) is 68.6 Å². The number of aromatic nitrogens is 2. The first kappa shape index (κ1) is 29.8. The number of nitrogens with zero attached hydrogens (tertiary/aromatic N) is 7. The van der Waals surface area contributed by atoms with Gasteiger partial charge in [-0.15, -0.1) is 0 Å². The standard InChI is InChI=1S/C31H45N9O2/c1-5-25-31(40-19-17-39(18-20-40)27(41)6-2)35-30(28(33-25)29(32)42)34-26-8-7-24(21-22(26)3)37-11-9-23(10-12-37)38-15-13-36(4)14-16-38/h6-8,21,23H,2,5,9-20H2,1,3-4H3,(H2,32,42)(H,34,35). The van der Waals surface area contributed by atoms with E-state index in [-0.39, 0.29) is 11.6 Å². The second-order valence-corrected chi connectivity index (χ2v) is 11.6. The molecule has 0 aliphatic carbocycles. The molecule has 2 amide bonds. The van der Waals surface area contributed by atoms with Crippen molar-refractivity contribution < 1.29 is 9.59 Å². The SMILES string of the molecule is C=CC(=O)N1CCN(c2nc(Nc3ccc(N4CCC(N5CCN(C)CC5)CC4)cc3C)c(C(N)=O)nc2CC)CC1. The van der Waals surface area contributed by atoms with Crippen molar-refractivity contribution in [1.82, 2.24) is 24.7 Å². The predicted octanol–water partition coefficient (Wildman–Crippen LogP) is 2.24. The Morgan fingerprint density at radius 3 is 2.29 bits per heavy atom. The van der Waals surface area contributed by atoms with E-state index < -0.39 is 5.91 Å². The fourth-order valence-corrected chi connectivity index (χ4v) is 6.27. The summed E-state index contributed by atoms with van der Waals surface area (Å²) in [6.07, 6.45) is 4.32. The number of primary amides is 1. The lowest BCUT2D eigenvalue weighted by Crippen LogP contribution is -2.52. The molecule has 3 N–H and O–H groups in total. The highest BCUT2D eigenvalue weighted by molar-refractivity contribution is 5.96. The van der Waals surface area contributed by atoms with Crippen molar-refractivity contribution in [2.24, 2.45) is 5.73 Å². The molecule has 226 valence electrons. The predicted molar refractivity (Wildman–Crippen MR) is 168 cm³/mol. The molecule has 0 spiro atoms. The van der Waals surface area contributed by atoms with Gasteiger partial charge in [0, 0.05) is 82.9 Å². The number of anilines is 4. The molecule has 5 rings (SSSR count). The Bertz CT molecular complexity index is 1290. The smallest absolute Gasteiger partial charge is 0.271 e. The van der Waals surface area contributed by atoms with Crippen LogP contribution in [0, 0.1) is 6.92 Å². The zero-order chi connectivity index (χ0) is 29.8. The van der Waals surface area contributed by atoms with E-state index in [4.69, 9.17) is 10.7 Å². The van der Waals surface area contributed by atoms with Crippen molar-refractivity contribution in [1.29, 1.82) is 0 Å². The Labute approximate surface area is 249 Å². The van der Waals surface area contributed by atoms with Gasteiger partial charge in [0.2, 0.25) is 5.91 Å². The minimum absolute atomic E-state index is 0.0683. The van der Waals surface area contributed by atoms with Crippen LogP contribution in [-0.2, 0) is 11.2 Å². The number of aryl methyl sites for hydroxylation is 2. The van der Waals surface area contributed by atoms with Gasteiger partial charge in [0.05, 0.1) is 5.69 Å². The van der Waals surface area contributed by atoms with Gasteiger partial charge in [-0.2, -0.15) is 0 Å². The third-order valence-corrected chi connectivity index (χ3v) is 8.93. The lowest BCUT2D eigenvalue weighted by atomic mass is 10.0. The van der Waals surface area contributed by atoms with Gasteiger partial charge in [-0.3, -0.25) is 14.5 Å². The van der Waals surface area contributed by atoms with E-state index in [1.807, 2.05) is 6.92 Å². The van der Waals surface area contributed by atoms with Crippen LogP contribution in [0.4, 0.5) is 23.0 Å². The molecule has 11 heteroatoms. The monoisotopic (exact) mass is 575 g/mol. The van der Waals surface area contributed by atoms with E-state index in [1.165, 1.54) is 37.7 Å². The quantitative estimate of drug-likeness (QED) is 0.458. The molecule has 3 aliphatic heterocycles. The summed E-state index contributed by atoms with van der Waals surface area (Å²) in [5.74, 6) is 0.377. The van der Waals surface area contributed by atoms with E-state index in [0.29, 0.717) is 56.0 Å². The van der Waals surface area contributed by atoms with Gasteiger partial charge in [0.1, 0.15) is 0 Å². The highest BCUT2D eigenvalue weighted by atomic mass is 16.2. The maximum absolute atomic E-state index is 12.4. The molecular formula is C31H45N9O2. The summed E-state index contributed by atoms with van der Waals surface area (Å²) in [5.41, 5.74) is 9.73. The van der Waals surface area contributed by atoms with Crippen molar-refractivity contribution in [3.63, 3.8) is 0 Å². The minimum atomic E-state index is -0.620. The molecule has 3 fully saturated rings. The summed E-state index contributed by atoms with van der Waals surface area (Å²) in [7, 11) is 2.21. The number of piperazine rings is 2. The highest BCUT2D eigenvalue weighted by Crippen LogP contribution is 2.30. The van der Waals surface area contributed by atoms with Crippen molar-refractivity contribution in [2.75, 3.05) is 87.6 Å². The van der Waals surface area contributed by atoms with Gasteiger partial charge in [-0.05, 0) is 63.1 Å². The average molecular weight is 576 g/mol. The maximum atomic E-state index is 12.4. The van der Waals surface area contributed by atoms with E-state index in [1.54, 1.807) is 4.90 Å². The molecule has 4 heterocycles. The molecule has 0 saturated carbocycles. The molecule has 0 radical (unpaired) electrons. The van der Waals surface area contributed by atoms with Crippen LogP contribution in [0.2, 0.25) is 0 Å². The number of carbonyl (C=O) groups excluding carboxylic acids is 2. The van der Waals surface area contributed by atoms with Crippen LogP contribution in [0.25, 0.3) is 0 Å². The summed E-state index contributed by atoms with van der Waals surface area (Å²) in [5, 5.41) is 3.36. The van der Waals surface area contributed by atoms with Crippen molar-refractivity contribution in [3.8, 4) is 0 Å². The third kappa shape index (κ3) is 6.52. The van der Waals surface area contributed by atoms with Gasteiger partial charge in [-0.1, -0.05) is 13.5 Å². The normalized spacial score (nSPS) is 19.2. The van der Waals surface area contributed by atoms with E-state index in [0.717, 1.165) is 37.4 Å². The van der Waals surface area contributed by atoms with Gasteiger partial charge in [-0.25, -0.2) is 9.97 Å². The first-order valence-electron chi connectivity index (χ1n) is 15.2. The average Bonchev–Trinajstić information content (AvgIpc) is 3.02. The molecule has 0 atom stereocenters. The van der Waals surface area contributed by atoms with Crippen LogP contribution in [-0.4, -0.2) is 115 Å². The van der Waals surface area contributed by atoms with E-state index in [9.17, 15) is 9.59 Å². The molecular weight excluding hydrogens is 530 g/mol. The fourth-order valence-electron chi connectivity index (χ4n) is 6.27. The third-order valence-electron chi connectivity index (χ3n) is 8.93. The molecule has 11 nitrogen and oxygen atoms in total. The summed E-state index contributed by atoms with van der Waals surface area (Å²) in [4.78, 5) is 45.5. The van der Waals surface area contributed by atoms with E-state index >= 15 is 0 Å². The molecule has 1 aromatic heterocycles. The van der Waals surface area contributed by atoms with Crippen LogP contribution < -0.4 is 20.9 Å². The number of nitrogens with two attached hydrogens (primary N) is 1. The molecule has 3 saturated heterocycles. The Balaban J connectivity index is 1.29. The van der Waals surface area contributed by atoms with Crippen LogP contribution in [0.15, 0.2) is 30.9 Å². The number of rotatable bonds is 8. The van der Waals surface area contributed by atoms with Crippen molar-refractivity contribution in [3.05, 3.63) is 47.8 Å². The first-order chi connectivity index (χ1) is 20.3. The Morgan fingerprint density at radius 1 is 1.00 bits per heavy atom. The summed E-state index contributed by atoms with van der Waals surface area (Å²) < 4.78 is 0. The van der Waals surface area contributed by atoms with Crippen LogP contribution in [0.5, 0.6) is 0 Å². The summed E-state index contributed by atoms with van der Waals surface area (Å²) in [6.45, 7) is 16.8. The van der Waals surface area contributed by atoms with Gasteiger partial charge in [0.25, 0.3) is 5.91 Å². The Kier molecular flexibility index (Phi) is 9.27. The zero-order valence-electron chi connectivity index (χ0n) is 25.3. The number of nitrogens with one attached hydrogen (secondary N) is 1. The van der Waals surface area contributed by atoms with Crippen molar-refractivity contribution in [2.45, 2.75) is 39.2 Å². The number of amides is 2. The maximum Gasteiger partial charge on any atom is 0.271 e. The second kappa shape index (κ2) is 13.1. The van der Waals surface area contributed by atoms with Crippen LogP contribution in [0.1, 0.15) is 41.5 Å². The highest BCUT2D eigenvalue weighted by Gasteiger charge is 2.28. The molecule has 42 heavy (non-hydrogen) atoms. The van der Waals surface area contributed by atoms with Gasteiger partial charge >= 0.3 is 0 Å². The number of hydrogen-bond acceptors (Lipinski definition) is 9. The number of hydrogen-bond donors (Lipinski definition) is 2. The number of piperidine rings is 1. The number of likely N-dealkylation sites (N-methyl/N-ethyl adjacent to an activating group) is 1. The summed E-state index contributed by atoms with van der Waals surface area (Å²) in [6, 6.07) is 7.07. The molecule has 3 aliphatic rings. The molecule has 0 unspecified atom stereocenters. The van der Waals surface area contributed by atoms with Gasteiger partial charge < -0.3 is 30.7 Å². The lowest BCUT2D eigenvalue weighted by molar-refractivity contribution is -0.126. The Hall–Kier alpha value is -3.70. The number of carbonyl (C=O) groups is 2. The lowest BCUT2D eigenvalue weighted by Gasteiger charge is -2.42. The zero-order valence-corrected chi connectivity index (χ0v) is 25.3. The largest absolute Gasteiger partial charge is 0.371 e. The second-order valence-electron chi connectivity index (χ2n) is 11.6. The van der Waals surface area contributed by atoms with Gasteiger partial charge in [0.15, 0.2) is 17.3 Å². The summed E-state index contributed by atoms with van der Waals surface area (Å²) >= 11 is 0. The molecule has 1 aromatic carbocycles. The first-order valence-corrected chi connectivity index (χ1v) is 15.2. The molecule has 2 aromatic rings. The fraction of sp³-hybridized carbons (Fsp3) is 0.548. The molecule has 0 bridgehead atoms. The number of benzene rings is 1. The topological polar surface area (TPSA) is 114 Å². The van der Waals surface area contributed by atoms with Crippen LogP contribution in [0.3, 0.4) is 0 Å². The minimum Gasteiger partial charge on any atom is -0.371 e. The Morgan fingerprint density at radius 2 is 1.69 bits per heavy atom.